The minimum absolute atomic E-state index is 0.663. The number of anilines is 3. The van der Waals surface area contributed by atoms with Gasteiger partial charge in [0.1, 0.15) is 28.2 Å². The number of aromatic nitrogens is 2. The third-order valence-electron chi connectivity index (χ3n) is 2.44. The summed E-state index contributed by atoms with van der Waals surface area (Å²) >= 11 is 6.89. The number of methoxy groups -OCH3 is 1. The highest BCUT2D eigenvalue weighted by Crippen LogP contribution is 2.34. The zero-order valence-electron chi connectivity index (χ0n) is 10.4. The molecule has 0 aliphatic rings. The van der Waals surface area contributed by atoms with Gasteiger partial charge in [0.05, 0.1) is 12.8 Å². The summed E-state index contributed by atoms with van der Waals surface area (Å²) in [7, 11) is 3.43. The fourth-order valence-corrected chi connectivity index (χ4v) is 2.40. The molecule has 0 aliphatic carbocycles. The number of nitrogens with zero attached hydrogens (tertiary/aromatic N) is 2. The summed E-state index contributed by atoms with van der Waals surface area (Å²) in [5.74, 6) is 2.11. The molecule has 0 fully saturated rings. The van der Waals surface area contributed by atoms with E-state index >= 15 is 0 Å². The van der Waals surface area contributed by atoms with Gasteiger partial charge >= 0.3 is 0 Å². The number of ether oxygens (including phenoxy) is 1. The van der Waals surface area contributed by atoms with Crippen molar-refractivity contribution in [1.29, 1.82) is 0 Å². The Morgan fingerprint density at radius 2 is 1.89 bits per heavy atom. The van der Waals surface area contributed by atoms with Crippen LogP contribution >= 0.6 is 31.9 Å². The molecule has 0 saturated heterocycles. The standard InChI is InChI=1S/C12H12Br2N4O/c1-15-11-10(14)12(17-6-16-11)18-8-5-7(13)3-4-9(8)19-2/h3-6H,1-2H3,(H2,15,16,17,18). The molecule has 2 aromatic rings. The van der Waals surface area contributed by atoms with Crippen LogP contribution in [0.15, 0.2) is 33.5 Å². The minimum atomic E-state index is 0.663. The maximum atomic E-state index is 5.31. The van der Waals surface area contributed by atoms with E-state index in [2.05, 4.69) is 52.5 Å². The minimum Gasteiger partial charge on any atom is -0.495 e. The molecule has 2 rings (SSSR count). The monoisotopic (exact) mass is 386 g/mol. The van der Waals surface area contributed by atoms with Crippen molar-refractivity contribution < 1.29 is 4.74 Å². The third kappa shape index (κ3) is 3.16. The van der Waals surface area contributed by atoms with E-state index in [9.17, 15) is 0 Å². The molecule has 0 aliphatic heterocycles. The van der Waals surface area contributed by atoms with Crippen molar-refractivity contribution in [1.82, 2.24) is 9.97 Å². The lowest BCUT2D eigenvalue weighted by molar-refractivity contribution is 0.416. The van der Waals surface area contributed by atoms with Gasteiger partial charge in [-0.25, -0.2) is 9.97 Å². The molecule has 2 N–H and O–H groups in total. The van der Waals surface area contributed by atoms with E-state index in [0.717, 1.165) is 20.4 Å². The fraction of sp³-hybridized carbons (Fsp3) is 0.167. The van der Waals surface area contributed by atoms with Crippen molar-refractivity contribution >= 4 is 49.2 Å². The number of halogens is 2. The van der Waals surface area contributed by atoms with E-state index in [1.807, 2.05) is 18.2 Å². The van der Waals surface area contributed by atoms with Crippen molar-refractivity contribution in [3.8, 4) is 5.75 Å². The highest BCUT2D eigenvalue weighted by atomic mass is 79.9. The summed E-state index contributed by atoms with van der Waals surface area (Å²) in [6, 6.07) is 5.71. The van der Waals surface area contributed by atoms with Gasteiger partial charge in [-0.3, -0.25) is 0 Å². The molecule has 0 bridgehead atoms. The average molecular weight is 388 g/mol. The molecule has 0 amide bonds. The molecule has 0 atom stereocenters. The lowest BCUT2D eigenvalue weighted by atomic mass is 10.3. The molecule has 1 heterocycles. The first kappa shape index (κ1) is 14.1. The van der Waals surface area contributed by atoms with Crippen LogP contribution in [0.1, 0.15) is 0 Å². The van der Waals surface area contributed by atoms with Gasteiger partial charge in [-0.2, -0.15) is 0 Å². The van der Waals surface area contributed by atoms with Crippen LogP contribution in [0.5, 0.6) is 5.75 Å². The smallest absolute Gasteiger partial charge is 0.150 e. The van der Waals surface area contributed by atoms with Gasteiger partial charge in [-0.15, -0.1) is 0 Å². The second kappa shape index (κ2) is 6.21. The first-order valence-corrected chi connectivity index (χ1v) is 7.03. The summed E-state index contributed by atoms with van der Waals surface area (Å²) in [4.78, 5) is 8.32. The summed E-state index contributed by atoms with van der Waals surface area (Å²) in [5, 5.41) is 6.20. The average Bonchev–Trinajstić information content (AvgIpc) is 2.41. The molecule has 100 valence electrons. The maximum Gasteiger partial charge on any atom is 0.150 e. The van der Waals surface area contributed by atoms with Gasteiger partial charge in [0, 0.05) is 11.5 Å². The van der Waals surface area contributed by atoms with Crippen molar-refractivity contribution in [2.75, 3.05) is 24.8 Å². The van der Waals surface area contributed by atoms with Crippen LogP contribution < -0.4 is 15.4 Å². The van der Waals surface area contributed by atoms with Crippen molar-refractivity contribution in [3.05, 3.63) is 33.5 Å². The maximum absolute atomic E-state index is 5.31. The predicted octanol–water partition coefficient (Wildman–Crippen LogP) is 3.80. The summed E-state index contributed by atoms with van der Waals surface area (Å²) in [5.41, 5.74) is 0.818. The van der Waals surface area contributed by atoms with E-state index in [0.29, 0.717) is 11.6 Å². The summed E-state index contributed by atoms with van der Waals surface area (Å²) < 4.78 is 7.03. The van der Waals surface area contributed by atoms with Gasteiger partial charge in [-0.1, -0.05) is 15.9 Å². The second-order valence-corrected chi connectivity index (χ2v) is 5.31. The normalized spacial score (nSPS) is 10.1. The van der Waals surface area contributed by atoms with Crippen molar-refractivity contribution in [3.63, 3.8) is 0 Å². The Morgan fingerprint density at radius 1 is 1.16 bits per heavy atom. The molecule has 1 aromatic heterocycles. The van der Waals surface area contributed by atoms with E-state index in [1.54, 1.807) is 14.2 Å². The van der Waals surface area contributed by atoms with Crippen LogP contribution in [0, 0.1) is 0 Å². The molecule has 19 heavy (non-hydrogen) atoms. The second-order valence-electron chi connectivity index (χ2n) is 3.60. The Bertz CT molecular complexity index is 592. The van der Waals surface area contributed by atoms with Gasteiger partial charge in [0.15, 0.2) is 0 Å². The number of rotatable bonds is 4. The topological polar surface area (TPSA) is 59.1 Å². The highest BCUT2D eigenvalue weighted by Gasteiger charge is 2.10. The lowest BCUT2D eigenvalue weighted by Gasteiger charge is -2.13. The van der Waals surface area contributed by atoms with E-state index in [-0.39, 0.29) is 0 Å². The number of nitrogens with one attached hydrogen (secondary N) is 2. The van der Waals surface area contributed by atoms with Crippen LogP contribution in [0.2, 0.25) is 0 Å². The predicted molar refractivity (Wildman–Crippen MR) is 83.3 cm³/mol. The molecule has 0 spiro atoms. The van der Waals surface area contributed by atoms with Crippen LogP contribution in [-0.2, 0) is 0 Å². The molecule has 1 aromatic carbocycles. The quantitative estimate of drug-likeness (QED) is 0.835. The first-order chi connectivity index (χ1) is 9.15. The number of hydrogen-bond donors (Lipinski definition) is 2. The molecular weight excluding hydrogens is 376 g/mol. The molecule has 5 nitrogen and oxygen atoms in total. The van der Waals surface area contributed by atoms with Crippen LogP contribution in [0.4, 0.5) is 17.3 Å². The SMILES string of the molecule is CNc1ncnc(Nc2cc(Br)ccc2OC)c1Br. The Labute approximate surface area is 128 Å². The lowest BCUT2D eigenvalue weighted by Crippen LogP contribution is -2.01. The number of benzene rings is 1. The zero-order chi connectivity index (χ0) is 13.8. The largest absolute Gasteiger partial charge is 0.495 e. The van der Waals surface area contributed by atoms with Crippen molar-refractivity contribution in [2.45, 2.75) is 0 Å². The van der Waals surface area contributed by atoms with E-state index in [1.165, 1.54) is 6.33 Å². The summed E-state index contributed by atoms with van der Waals surface area (Å²) in [6.07, 6.45) is 1.49. The van der Waals surface area contributed by atoms with Gasteiger partial charge < -0.3 is 15.4 Å². The van der Waals surface area contributed by atoms with E-state index < -0.39 is 0 Å². The van der Waals surface area contributed by atoms with Crippen LogP contribution in [-0.4, -0.2) is 24.1 Å². The van der Waals surface area contributed by atoms with Gasteiger partial charge in [0.25, 0.3) is 0 Å². The summed E-state index contributed by atoms with van der Waals surface area (Å²) in [6.45, 7) is 0. The Morgan fingerprint density at radius 3 is 2.58 bits per heavy atom. The Kier molecular flexibility index (Phi) is 4.60. The Balaban J connectivity index is 2.38. The third-order valence-corrected chi connectivity index (χ3v) is 3.69. The first-order valence-electron chi connectivity index (χ1n) is 5.44. The fourth-order valence-electron chi connectivity index (χ4n) is 1.54. The highest BCUT2D eigenvalue weighted by molar-refractivity contribution is 9.11. The van der Waals surface area contributed by atoms with Gasteiger partial charge in [0.2, 0.25) is 0 Å². The zero-order valence-corrected chi connectivity index (χ0v) is 13.5. The molecular formula is C12H12Br2N4O. The van der Waals surface area contributed by atoms with Crippen molar-refractivity contribution in [2.24, 2.45) is 0 Å². The van der Waals surface area contributed by atoms with Gasteiger partial charge in [-0.05, 0) is 34.1 Å². The van der Waals surface area contributed by atoms with Crippen LogP contribution in [0.25, 0.3) is 0 Å². The number of hydrogen-bond acceptors (Lipinski definition) is 5. The molecule has 0 unspecified atom stereocenters. The molecule has 7 heteroatoms. The molecule has 0 radical (unpaired) electrons. The van der Waals surface area contributed by atoms with E-state index in [4.69, 9.17) is 4.74 Å². The van der Waals surface area contributed by atoms with Crippen LogP contribution in [0.3, 0.4) is 0 Å². The molecule has 0 saturated carbocycles. The Hall–Kier alpha value is -1.34.